The Morgan fingerprint density at radius 2 is 1.72 bits per heavy atom. The van der Waals surface area contributed by atoms with Gasteiger partial charge in [-0.2, -0.15) is 21.6 Å². The van der Waals surface area contributed by atoms with Crippen molar-refractivity contribution >= 4 is 21.9 Å². The number of halogens is 4. The molecule has 32 heavy (non-hydrogen) atoms. The molecule has 0 amide bonds. The minimum Gasteiger partial charge on any atom is -0.475 e. The van der Waals surface area contributed by atoms with Crippen LogP contribution < -0.4 is 4.74 Å². The third-order valence-electron chi connectivity index (χ3n) is 4.72. The summed E-state index contributed by atoms with van der Waals surface area (Å²) in [5.41, 5.74) is -1.23. The predicted octanol–water partition coefficient (Wildman–Crippen LogP) is 6.04. The number of alkyl halides is 3. The van der Waals surface area contributed by atoms with E-state index in [1.807, 2.05) is 6.92 Å². The van der Waals surface area contributed by atoms with Crippen LogP contribution in [0.3, 0.4) is 0 Å². The highest BCUT2D eigenvalue weighted by molar-refractivity contribution is 8.00. The van der Waals surface area contributed by atoms with E-state index in [-0.39, 0.29) is 26.7 Å². The molecule has 0 aromatic heterocycles. The van der Waals surface area contributed by atoms with Gasteiger partial charge < -0.3 is 4.74 Å². The fourth-order valence-corrected chi connectivity index (χ4v) is 5.23. The molecule has 168 valence electrons. The Bertz CT molecular complexity index is 1260. The normalized spacial score (nSPS) is 16.0. The first-order valence-electron chi connectivity index (χ1n) is 9.34. The smallest absolute Gasteiger partial charge is 0.417 e. The van der Waals surface area contributed by atoms with Gasteiger partial charge in [-0.25, -0.2) is 4.39 Å². The predicted molar refractivity (Wildman–Crippen MR) is 111 cm³/mol. The molecule has 3 aromatic carbocycles. The first-order chi connectivity index (χ1) is 15.0. The second kappa shape index (κ2) is 8.42. The lowest BCUT2D eigenvalue weighted by Gasteiger charge is -2.16. The van der Waals surface area contributed by atoms with E-state index in [4.69, 9.17) is 8.92 Å². The zero-order chi connectivity index (χ0) is 23.1. The third kappa shape index (κ3) is 4.62. The quantitative estimate of drug-likeness (QED) is 0.327. The molecule has 4 rings (SSSR count). The zero-order valence-corrected chi connectivity index (χ0v) is 18.2. The van der Waals surface area contributed by atoms with E-state index in [0.717, 1.165) is 35.5 Å². The average Bonchev–Trinajstić information content (AvgIpc) is 3.14. The fourth-order valence-electron chi connectivity index (χ4n) is 3.23. The summed E-state index contributed by atoms with van der Waals surface area (Å²) in [6, 6.07) is 13.0. The topological polar surface area (TPSA) is 52.6 Å². The lowest BCUT2D eigenvalue weighted by molar-refractivity contribution is -0.137. The molecule has 1 unspecified atom stereocenters. The molecule has 0 aliphatic carbocycles. The Balaban J connectivity index is 1.59. The van der Waals surface area contributed by atoms with E-state index in [1.54, 1.807) is 12.1 Å². The first kappa shape index (κ1) is 22.6. The molecular weight excluding hydrogens is 468 g/mol. The van der Waals surface area contributed by atoms with Crippen molar-refractivity contribution in [1.29, 1.82) is 0 Å². The van der Waals surface area contributed by atoms with E-state index in [9.17, 15) is 26.0 Å². The van der Waals surface area contributed by atoms with Crippen LogP contribution in [0.5, 0.6) is 5.75 Å². The van der Waals surface area contributed by atoms with Crippen molar-refractivity contribution in [2.45, 2.75) is 28.3 Å². The van der Waals surface area contributed by atoms with Crippen molar-refractivity contribution in [2.75, 3.05) is 6.61 Å². The van der Waals surface area contributed by atoms with Crippen molar-refractivity contribution in [1.82, 2.24) is 0 Å². The summed E-state index contributed by atoms with van der Waals surface area (Å²) in [7, 11) is -4.06. The second-order valence-electron chi connectivity index (χ2n) is 7.04. The number of aryl methyl sites for hydroxylation is 1. The number of ether oxygens (including phenoxy) is 1. The van der Waals surface area contributed by atoms with E-state index >= 15 is 0 Å². The largest absolute Gasteiger partial charge is 0.475 e. The van der Waals surface area contributed by atoms with E-state index in [1.165, 1.54) is 30.3 Å². The van der Waals surface area contributed by atoms with E-state index in [0.29, 0.717) is 0 Å². The van der Waals surface area contributed by atoms with Crippen LogP contribution in [-0.4, -0.2) is 20.5 Å². The van der Waals surface area contributed by atoms with Crippen molar-refractivity contribution in [3.8, 4) is 16.9 Å². The number of fused-ring (bicyclic) bond motifs is 1. The van der Waals surface area contributed by atoms with Gasteiger partial charge >= 0.3 is 6.18 Å². The van der Waals surface area contributed by atoms with Crippen molar-refractivity contribution in [2.24, 2.45) is 0 Å². The van der Waals surface area contributed by atoms with E-state index < -0.39 is 39.7 Å². The van der Waals surface area contributed by atoms with Crippen LogP contribution in [0.15, 0.2) is 70.5 Å². The maximum atomic E-state index is 14.2. The Hall–Kier alpha value is -2.56. The fraction of sp³-hybridized carbons (Fsp3) is 0.182. The molecule has 4 nitrogen and oxygen atoms in total. The van der Waals surface area contributed by atoms with Gasteiger partial charge in [-0.1, -0.05) is 47.7 Å². The monoisotopic (exact) mass is 484 g/mol. The van der Waals surface area contributed by atoms with Gasteiger partial charge in [-0.15, -0.1) is 0 Å². The molecule has 0 saturated heterocycles. The molecule has 1 aliphatic rings. The van der Waals surface area contributed by atoms with Crippen LogP contribution in [0, 0.1) is 12.7 Å². The van der Waals surface area contributed by atoms with Crippen LogP contribution in [0.25, 0.3) is 11.1 Å². The van der Waals surface area contributed by atoms with Crippen molar-refractivity contribution in [3.63, 3.8) is 0 Å². The summed E-state index contributed by atoms with van der Waals surface area (Å²) >= 11 is 0.978. The molecule has 1 aliphatic heterocycles. The van der Waals surface area contributed by atoms with Gasteiger partial charge in [0.15, 0.2) is 5.44 Å². The summed E-state index contributed by atoms with van der Waals surface area (Å²) in [6.07, 6.45) is -4.65. The van der Waals surface area contributed by atoms with Gasteiger partial charge in [0.25, 0.3) is 10.1 Å². The molecule has 0 radical (unpaired) electrons. The van der Waals surface area contributed by atoms with Crippen LogP contribution in [0.1, 0.15) is 11.1 Å². The Morgan fingerprint density at radius 1 is 1.03 bits per heavy atom. The average molecular weight is 484 g/mol. The summed E-state index contributed by atoms with van der Waals surface area (Å²) < 4.78 is 90.2. The molecule has 3 aromatic rings. The number of thioether (sulfide) groups is 1. The maximum Gasteiger partial charge on any atom is 0.417 e. The highest BCUT2D eigenvalue weighted by Gasteiger charge is 2.36. The number of hydrogen-bond acceptors (Lipinski definition) is 5. The van der Waals surface area contributed by atoms with Gasteiger partial charge in [0, 0.05) is 5.56 Å². The number of hydrogen-bond donors (Lipinski definition) is 0. The molecular formula is C22H16F4O4S2. The van der Waals surface area contributed by atoms with Crippen LogP contribution in [0.2, 0.25) is 0 Å². The molecule has 1 atom stereocenters. The van der Waals surface area contributed by atoms with Gasteiger partial charge in [0.1, 0.15) is 18.2 Å². The van der Waals surface area contributed by atoms with Gasteiger partial charge in [-0.3, -0.25) is 4.18 Å². The summed E-state index contributed by atoms with van der Waals surface area (Å²) in [4.78, 5) is 0.229. The highest BCUT2D eigenvalue weighted by Crippen LogP contribution is 2.49. The van der Waals surface area contributed by atoms with Crippen LogP contribution >= 0.6 is 11.8 Å². The highest BCUT2D eigenvalue weighted by atomic mass is 32.2. The van der Waals surface area contributed by atoms with Crippen molar-refractivity contribution in [3.05, 3.63) is 77.6 Å². The Kier molecular flexibility index (Phi) is 5.95. The lowest BCUT2D eigenvalue weighted by Crippen LogP contribution is -2.19. The minimum atomic E-state index is -4.65. The standard InChI is InChI=1S/C22H16F4O4S2/c1-13-6-8-15(9-7-13)32(27,28)29-12-20-30-21-17(10-14(23)11-19(21)31-20)16-4-2-3-5-18(16)22(24,25)26/h2-11,20H,12H2,1H3. The lowest BCUT2D eigenvalue weighted by atomic mass is 9.98. The SMILES string of the molecule is Cc1ccc(S(=O)(=O)OCC2Oc3c(cc(F)cc3-c3ccccc3C(F)(F)F)S2)cc1. The van der Waals surface area contributed by atoms with Gasteiger partial charge in [-0.05, 0) is 42.8 Å². The molecule has 0 N–H and O–H groups in total. The molecule has 0 bridgehead atoms. The zero-order valence-electron chi connectivity index (χ0n) is 16.5. The first-order valence-corrected chi connectivity index (χ1v) is 11.6. The van der Waals surface area contributed by atoms with Crippen molar-refractivity contribution < 1.29 is 34.9 Å². The molecule has 0 saturated carbocycles. The third-order valence-corrected chi connectivity index (χ3v) is 7.07. The number of rotatable bonds is 5. The second-order valence-corrected chi connectivity index (χ2v) is 9.86. The Morgan fingerprint density at radius 3 is 2.41 bits per heavy atom. The summed E-state index contributed by atoms with van der Waals surface area (Å²) in [6.45, 7) is 1.41. The van der Waals surface area contributed by atoms with Gasteiger partial charge in [0.05, 0.1) is 15.4 Å². The maximum absolute atomic E-state index is 14.2. The van der Waals surface area contributed by atoms with Crippen LogP contribution in [0.4, 0.5) is 17.6 Å². The number of benzene rings is 3. The Labute approximate surface area is 186 Å². The molecule has 10 heteroatoms. The van der Waals surface area contributed by atoms with E-state index in [2.05, 4.69) is 0 Å². The molecule has 0 fully saturated rings. The summed E-state index contributed by atoms with van der Waals surface area (Å²) in [5.74, 6) is -0.685. The van der Waals surface area contributed by atoms with Gasteiger partial charge in [0.2, 0.25) is 0 Å². The molecule has 1 heterocycles. The summed E-state index contributed by atoms with van der Waals surface area (Å²) in [5, 5.41) is 0. The minimum absolute atomic E-state index is 0.0329. The van der Waals surface area contributed by atoms with Crippen LogP contribution in [-0.2, 0) is 20.5 Å². The molecule has 0 spiro atoms.